The number of halogens is 1. The van der Waals surface area contributed by atoms with Gasteiger partial charge < -0.3 is 19.5 Å². The van der Waals surface area contributed by atoms with E-state index in [-0.39, 0.29) is 16.9 Å². The van der Waals surface area contributed by atoms with Gasteiger partial charge in [-0.15, -0.1) is 6.42 Å². The van der Waals surface area contributed by atoms with Gasteiger partial charge in [-0.1, -0.05) is 12.0 Å². The molecule has 7 nitrogen and oxygen atoms in total. The van der Waals surface area contributed by atoms with E-state index in [0.29, 0.717) is 48.2 Å². The largest absolute Gasteiger partial charge is 0.508 e. The Bertz CT molecular complexity index is 1440. The van der Waals surface area contributed by atoms with Crippen LogP contribution in [0.5, 0.6) is 11.8 Å². The molecule has 0 bridgehead atoms. The van der Waals surface area contributed by atoms with Gasteiger partial charge in [0.05, 0.1) is 29.9 Å². The van der Waals surface area contributed by atoms with Crippen LogP contribution in [-0.4, -0.2) is 65.0 Å². The molecule has 0 saturated carbocycles. The number of hydrogen-bond acceptors (Lipinski definition) is 7. The smallest absolute Gasteiger partial charge is 0.316 e. The van der Waals surface area contributed by atoms with E-state index in [2.05, 4.69) is 15.7 Å². The van der Waals surface area contributed by atoms with Crippen molar-refractivity contribution in [3.05, 3.63) is 52.6 Å². The first-order valence-corrected chi connectivity index (χ1v) is 13.3. The molecule has 38 heavy (non-hydrogen) atoms. The molecule has 198 valence electrons. The highest BCUT2D eigenvalue weighted by atomic mass is 19.1. The van der Waals surface area contributed by atoms with Gasteiger partial charge in [0.1, 0.15) is 18.2 Å². The summed E-state index contributed by atoms with van der Waals surface area (Å²) in [5.41, 5.74) is 3.85. The number of rotatable bonds is 6. The molecule has 0 amide bonds. The van der Waals surface area contributed by atoms with Crippen molar-refractivity contribution in [2.75, 3.05) is 38.3 Å². The summed E-state index contributed by atoms with van der Waals surface area (Å²) in [5, 5.41) is 11.8. The van der Waals surface area contributed by atoms with E-state index in [1.165, 1.54) is 12.5 Å². The Balaban J connectivity index is 1.28. The number of benzene rings is 2. The SMILES string of the molecule is C#Cc1c(F)ccc2cc(O)cc(N3CCc4c(C)nc(OCC56CCCN5C(COC)CC6)nc4C3)c12. The molecular weight excluding hydrogens is 483 g/mol. The van der Waals surface area contributed by atoms with Crippen LogP contribution in [-0.2, 0) is 17.7 Å². The Morgan fingerprint density at radius 3 is 2.92 bits per heavy atom. The van der Waals surface area contributed by atoms with Gasteiger partial charge in [-0.2, -0.15) is 4.98 Å². The number of anilines is 1. The number of aromatic hydroxyl groups is 1. The number of nitrogens with zero attached hydrogens (tertiary/aromatic N) is 4. The normalized spacial score (nSPS) is 22.9. The summed E-state index contributed by atoms with van der Waals surface area (Å²) in [6, 6.07) is 7.11. The van der Waals surface area contributed by atoms with Crippen molar-refractivity contribution in [2.24, 2.45) is 0 Å². The van der Waals surface area contributed by atoms with Crippen LogP contribution >= 0.6 is 0 Å². The maximum atomic E-state index is 14.6. The van der Waals surface area contributed by atoms with Crippen molar-refractivity contribution >= 4 is 16.5 Å². The fourth-order valence-corrected chi connectivity index (χ4v) is 6.83. The maximum absolute atomic E-state index is 14.6. The minimum absolute atomic E-state index is 0.0264. The summed E-state index contributed by atoms with van der Waals surface area (Å²) in [6.07, 6.45) is 10.9. The second-order valence-electron chi connectivity index (χ2n) is 10.8. The molecule has 6 rings (SSSR count). The van der Waals surface area contributed by atoms with Gasteiger partial charge in [0.15, 0.2) is 0 Å². The molecule has 2 fully saturated rings. The second kappa shape index (κ2) is 9.72. The summed E-state index contributed by atoms with van der Waals surface area (Å²) in [4.78, 5) is 14.2. The number of phenols is 1. The molecule has 1 N–H and O–H groups in total. The molecule has 0 aliphatic carbocycles. The van der Waals surface area contributed by atoms with Crippen molar-refractivity contribution < 1.29 is 19.0 Å². The van der Waals surface area contributed by atoms with Crippen LogP contribution in [0.4, 0.5) is 10.1 Å². The fourth-order valence-electron chi connectivity index (χ4n) is 6.83. The third-order valence-electron chi connectivity index (χ3n) is 8.63. The van der Waals surface area contributed by atoms with Crippen molar-refractivity contribution in [2.45, 2.75) is 57.2 Å². The lowest BCUT2D eigenvalue weighted by Crippen LogP contribution is -2.47. The Labute approximate surface area is 222 Å². The van der Waals surface area contributed by atoms with Crippen LogP contribution in [0.15, 0.2) is 24.3 Å². The molecule has 0 radical (unpaired) electrons. The van der Waals surface area contributed by atoms with E-state index >= 15 is 0 Å². The highest BCUT2D eigenvalue weighted by Crippen LogP contribution is 2.43. The molecule has 0 spiro atoms. The molecule has 3 aliphatic rings. The van der Waals surface area contributed by atoms with Gasteiger partial charge in [-0.05, 0) is 68.7 Å². The van der Waals surface area contributed by atoms with Gasteiger partial charge in [-0.3, -0.25) is 4.90 Å². The standard InChI is InChI=1S/C30H33FN4O3/c1-4-23-25(31)7-6-20-14-22(36)15-27(28(20)23)34-13-9-24-19(2)32-29(33-26(24)16-34)38-18-30-10-5-12-35(30)21(8-11-30)17-37-3/h1,6-7,14-15,21,36H,5,8-13,16-18H2,2-3H3. The molecule has 2 atom stereocenters. The summed E-state index contributed by atoms with van der Waals surface area (Å²) in [5.74, 6) is 2.17. The summed E-state index contributed by atoms with van der Waals surface area (Å²) >= 11 is 0. The third-order valence-corrected chi connectivity index (χ3v) is 8.63. The third kappa shape index (κ3) is 4.14. The van der Waals surface area contributed by atoms with Crippen LogP contribution in [0.25, 0.3) is 10.8 Å². The number of aryl methyl sites for hydroxylation is 1. The van der Waals surface area contributed by atoms with E-state index in [4.69, 9.17) is 25.9 Å². The van der Waals surface area contributed by atoms with E-state index in [9.17, 15) is 9.50 Å². The maximum Gasteiger partial charge on any atom is 0.316 e. The predicted octanol–water partition coefficient (Wildman–Crippen LogP) is 4.35. The fraction of sp³-hybridized carbons (Fsp3) is 0.467. The predicted molar refractivity (Wildman–Crippen MR) is 144 cm³/mol. The van der Waals surface area contributed by atoms with E-state index in [1.54, 1.807) is 25.3 Å². The summed E-state index contributed by atoms with van der Waals surface area (Å²) in [6.45, 7) is 5.56. The van der Waals surface area contributed by atoms with Gasteiger partial charge in [0.25, 0.3) is 0 Å². The molecular formula is C30H33FN4O3. The Morgan fingerprint density at radius 1 is 1.24 bits per heavy atom. The monoisotopic (exact) mass is 516 g/mol. The van der Waals surface area contributed by atoms with Crippen LogP contribution in [0.1, 0.15) is 48.2 Å². The van der Waals surface area contributed by atoms with E-state index in [0.717, 1.165) is 55.8 Å². The van der Waals surface area contributed by atoms with Crippen molar-refractivity contribution in [1.82, 2.24) is 14.9 Å². The van der Waals surface area contributed by atoms with Crippen LogP contribution in [0.3, 0.4) is 0 Å². The Kier molecular flexibility index (Phi) is 6.37. The van der Waals surface area contributed by atoms with Gasteiger partial charge in [0.2, 0.25) is 0 Å². The number of aromatic nitrogens is 2. The van der Waals surface area contributed by atoms with Gasteiger partial charge in [-0.25, -0.2) is 9.37 Å². The first-order chi connectivity index (χ1) is 18.4. The molecule has 1 aromatic heterocycles. The number of ether oxygens (including phenoxy) is 2. The Hall–Kier alpha value is -3.41. The molecule has 2 unspecified atom stereocenters. The number of methoxy groups -OCH3 is 1. The summed E-state index contributed by atoms with van der Waals surface area (Å²) < 4.78 is 26.4. The number of terminal acetylenes is 1. The summed E-state index contributed by atoms with van der Waals surface area (Å²) in [7, 11) is 1.77. The lowest BCUT2D eigenvalue weighted by molar-refractivity contribution is 0.0519. The zero-order valence-electron chi connectivity index (χ0n) is 22.0. The number of hydrogen-bond donors (Lipinski definition) is 1. The van der Waals surface area contributed by atoms with Crippen molar-refractivity contribution in [3.8, 4) is 24.1 Å². The van der Waals surface area contributed by atoms with Crippen LogP contribution in [0.2, 0.25) is 0 Å². The molecule has 2 saturated heterocycles. The molecule has 3 aromatic rings. The second-order valence-corrected chi connectivity index (χ2v) is 10.8. The topological polar surface area (TPSA) is 71.0 Å². The molecule has 4 heterocycles. The Morgan fingerprint density at radius 2 is 2.11 bits per heavy atom. The zero-order valence-corrected chi connectivity index (χ0v) is 22.0. The van der Waals surface area contributed by atoms with E-state index in [1.807, 2.05) is 6.92 Å². The van der Waals surface area contributed by atoms with Crippen molar-refractivity contribution in [1.29, 1.82) is 0 Å². The quantitative estimate of drug-likeness (QED) is 0.489. The van der Waals surface area contributed by atoms with E-state index < -0.39 is 5.82 Å². The minimum atomic E-state index is -0.446. The number of fused-ring (bicyclic) bond motifs is 3. The van der Waals surface area contributed by atoms with Gasteiger partial charge in [0, 0.05) is 42.5 Å². The first-order valence-electron chi connectivity index (χ1n) is 13.3. The lowest BCUT2D eigenvalue weighted by atomic mass is 9.95. The van der Waals surface area contributed by atoms with Crippen LogP contribution in [0, 0.1) is 25.1 Å². The van der Waals surface area contributed by atoms with Crippen LogP contribution < -0.4 is 9.64 Å². The zero-order chi connectivity index (χ0) is 26.4. The highest BCUT2D eigenvalue weighted by Gasteiger charge is 2.49. The molecule has 8 heteroatoms. The minimum Gasteiger partial charge on any atom is -0.508 e. The van der Waals surface area contributed by atoms with Crippen molar-refractivity contribution in [3.63, 3.8) is 0 Å². The molecule has 2 aromatic carbocycles. The highest BCUT2D eigenvalue weighted by molar-refractivity contribution is 6.00. The first kappa shape index (κ1) is 24.9. The average molecular weight is 517 g/mol. The molecule has 3 aliphatic heterocycles. The van der Waals surface area contributed by atoms with Gasteiger partial charge >= 0.3 is 6.01 Å². The lowest BCUT2D eigenvalue weighted by Gasteiger charge is -2.35. The number of phenolic OH excluding ortho intramolecular Hbond substituents is 1. The average Bonchev–Trinajstić information content (AvgIpc) is 3.47.